The molecular weight excluding hydrogens is 248 g/mol. The van der Waals surface area contributed by atoms with Gasteiger partial charge >= 0.3 is 6.03 Å². The molecule has 0 spiro atoms. The maximum absolute atomic E-state index is 11.6. The number of anilines is 1. The number of thiophene rings is 1. The summed E-state index contributed by atoms with van der Waals surface area (Å²) in [4.78, 5) is 16.5. The summed E-state index contributed by atoms with van der Waals surface area (Å²) in [5.41, 5.74) is 0.905. The van der Waals surface area contributed by atoms with Crippen molar-refractivity contribution in [1.29, 1.82) is 0 Å². The molecule has 0 unspecified atom stereocenters. The van der Waals surface area contributed by atoms with Gasteiger partial charge in [-0.15, -0.1) is 11.3 Å². The van der Waals surface area contributed by atoms with Crippen molar-refractivity contribution >= 4 is 34.8 Å². The minimum absolute atomic E-state index is 0.327. The van der Waals surface area contributed by atoms with Gasteiger partial charge in [0.05, 0.1) is 18.8 Å². The van der Waals surface area contributed by atoms with E-state index in [-0.39, 0.29) is 6.03 Å². The number of amides is 2. The van der Waals surface area contributed by atoms with Crippen LogP contribution >= 0.6 is 23.1 Å². The first-order chi connectivity index (χ1) is 7.74. The van der Waals surface area contributed by atoms with Crippen LogP contribution in [0.5, 0.6) is 0 Å². The van der Waals surface area contributed by atoms with Crippen LogP contribution in [-0.4, -0.2) is 26.3 Å². The van der Waals surface area contributed by atoms with Crippen LogP contribution in [0.25, 0.3) is 0 Å². The average molecular weight is 263 g/mol. The maximum Gasteiger partial charge on any atom is 0.336 e. The Morgan fingerprint density at radius 1 is 1.69 bits per heavy atom. The molecule has 0 atom stereocenters. The Kier molecular flexibility index (Phi) is 5.59. The van der Waals surface area contributed by atoms with Crippen molar-refractivity contribution in [1.82, 2.24) is 4.84 Å². The number of hydrogen-bond donors (Lipinski definition) is 1. The summed E-state index contributed by atoms with van der Waals surface area (Å²) in [6.45, 7) is 3.02. The van der Waals surface area contributed by atoms with Gasteiger partial charge in [-0.05, 0) is 17.9 Å². The van der Waals surface area contributed by atoms with Crippen molar-refractivity contribution in [3.8, 4) is 0 Å². The molecule has 1 N–H and O–H groups in total. The standard InChI is InChI=1S/C10H15ClN2O2S/c1-3-9-8(4-7-16-9)13(5-6-15-2)10(14)12-11/h4,7H,3,5-6H2,1-2H3,(H,12,14). The van der Waals surface area contributed by atoms with E-state index in [1.807, 2.05) is 11.4 Å². The SMILES string of the molecule is CCc1sccc1N(CCOC)C(=O)NCl. The van der Waals surface area contributed by atoms with Crippen molar-refractivity contribution < 1.29 is 9.53 Å². The van der Waals surface area contributed by atoms with Crippen molar-refractivity contribution in [2.24, 2.45) is 0 Å². The third-order valence-electron chi connectivity index (χ3n) is 2.18. The Labute approximate surface area is 104 Å². The van der Waals surface area contributed by atoms with E-state index in [1.165, 1.54) is 0 Å². The molecule has 90 valence electrons. The zero-order chi connectivity index (χ0) is 12.0. The molecule has 16 heavy (non-hydrogen) atoms. The zero-order valence-corrected chi connectivity index (χ0v) is 10.9. The molecular formula is C10H15ClN2O2S. The molecule has 0 saturated heterocycles. The van der Waals surface area contributed by atoms with E-state index in [0.29, 0.717) is 13.2 Å². The summed E-state index contributed by atoms with van der Waals surface area (Å²) in [7, 11) is 1.60. The highest BCUT2D eigenvalue weighted by molar-refractivity contribution is 7.10. The fourth-order valence-corrected chi connectivity index (χ4v) is 2.33. The van der Waals surface area contributed by atoms with Gasteiger partial charge in [0.15, 0.2) is 0 Å². The number of nitrogens with zero attached hydrogens (tertiary/aromatic N) is 1. The summed E-state index contributed by atoms with van der Waals surface area (Å²) >= 11 is 6.99. The molecule has 0 fully saturated rings. The van der Waals surface area contributed by atoms with Gasteiger partial charge in [0.1, 0.15) is 0 Å². The Bertz CT molecular complexity index is 343. The van der Waals surface area contributed by atoms with Crippen LogP contribution in [0.3, 0.4) is 0 Å². The first-order valence-corrected chi connectivity index (χ1v) is 6.23. The van der Waals surface area contributed by atoms with Crippen molar-refractivity contribution in [2.45, 2.75) is 13.3 Å². The second-order valence-electron chi connectivity index (χ2n) is 3.13. The number of methoxy groups -OCH3 is 1. The van der Waals surface area contributed by atoms with Crippen LogP contribution in [-0.2, 0) is 11.2 Å². The van der Waals surface area contributed by atoms with E-state index in [9.17, 15) is 4.79 Å². The van der Waals surface area contributed by atoms with Gasteiger partial charge in [-0.25, -0.2) is 9.63 Å². The Balaban J connectivity index is 2.87. The van der Waals surface area contributed by atoms with Crippen molar-refractivity contribution in [3.05, 3.63) is 16.3 Å². The smallest absolute Gasteiger partial charge is 0.336 e. The number of rotatable bonds is 5. The molecule has 6 heteroatoms. The molecule has 2 amide bonds. The Morgan fingerprint density at radius 3 is 3.00 bits per heavy atom. The van der Waals surface area contributed by atoms with E-state index < -0.39 is 0 Å². The number of ether oxygens (including phenoxy) is 1. The summed E-state index contributed by atoms with van der Waals surface area (Å²) in [6, 6.07) is 1.59. The molecule has 0 aliphatic carbocycles. The minimum atomic E-state index is -0.327. The normalized spacial score (nSPS) is 10.2. The van der Waals surface area contributed by atoms with Crippen LogP contribution in [0.4, 0.5) is 10.5 Å². The van der Waals surface area contributed by atoms with Crippen LogP contribution in [0.2, 0.25) is 0 Å². The lowest BCUT2D eigenvalue weighted by atomic mass is 10.3. The number of nitrogens with one attached hydrogen (secondary N) is 1. The van der Waals surface area contributed by atoms with Crippen LogP contribution in [0, 0.1) is 0 Å². The van der Waals surface area contributed by atoms with Crippen LogP contribution < -0.4 is 9.74 Å². The van der Waals surface area contributed by atoms with Gasteiger partial charge in [-0.3, -0.25) is 4.90 Å². The summed E-state index contributed by atoms with van der Waals surface area (Å²) in [6.07, 6.45) is 0.895. The second kappa shape index (κ2) is 6.73. The van der Waals surface area contributed by atoms with Gasteiger partial charge < -0.3 is 4.74 Å². The van der Waals surface area contributed by atoms with Gasteiger partial charge in [-0.2, -0.15) is 0 Å². The van der Waals surface area contributed by atoms with E-state index in [0.717, 1.165) is 17.0 Å². The zero-order valence-electron chi connectivity index (χ0n) is 9.33. The molecule has 1 heterocycles. The summed E-state index contributed by atoms with van der Waals surface area (Å²) in [5.74, 6) is 0. The minimum Gasteiger partial charge on any atom is -0.383 e. The van der Waals surface area contributed by atoms with Gasteiger partial charge in [0, 0.05) is 23.8 Å². The maximum atomic E-state index is 11.6. The van der Waals surface area contributed by atoms with E-state index in [2.05, 4.69) is 11.8 Å². The molecule has 0 aliphatic rings. The number of aryl methyl sites for hydroxylation is 1. The lowest BCUT2D eigenvalue weighted by Crippen LogP contribution is -2.38. The molecule has 0 saturated carbocycles. The number of urea groups is 1. The first kappa shape index (κ1) is 13.3. The van der Waals surface area contributed by atoms with E-state index in [4.69, 9.17) is 16.5 Å². The third kappa shape index (κ3) is 3.10. The highest BCUT2D eigenvalue weighted by atomic mass is 35.5. The molecule has 4 nitrogen and oxygen atoms in total. The Hall–Kier alpha value is -0.780. The number of halogens is 1. The fraction of sp³-hybridized carbons (Fsp3) is 0.500. The van der Waals surface area contributed by atoms with E-state index in [1.54, 1.807) is 23.3 Å². The van der Waals surface area contributed by atoms with Crippen LogP contribution in [0.1, 0.15) is 11.8 Å². The average Bonchev–Trinajstić information content (AvgIpc) is 2.77. The monoisotopic (exact) mass is 262 g/mol. The molecule has 0 aromatic carbocycles. The Morgan fingerprint density at radius 2 is 2.44 bits per heavy atom. The first-order valence-electron chi connectivity index (χ1n) is 4.98. The van der Waals surface area contributed by atoms with Gasteiger partial charge in [0.25, 0.3) is 0 Å². The summed E-state index contributed by atoms with van der Waals surface area (Å²) < 4.78 is 4.98. The fourth-order valence-electron chi connectivity index (χ4n) is 1.40. The number of carbonyl (C=O) groups is 1. The largest absolute Gasteiger partial charge is 0.383 e. The number of carbonyl (C=O) groups excluding carboxylic acids is 1. The highest BCUT2D eigenvalue weighted by Crippen LogP contribution is 2.26. The van der Waals surface area contributed by atoms with E-state index >= 15 is 0 Å². The molecule has 0 bridgehead atoms. The molecule has 0 aliphatic heterocycles. The highest BCUT2D eigenvalue weighted by Gasteiger charge is 2.18. The third-order valence-corrected chi connectivity index (χ3v) is 3.39. The van der Waals surface area contributed by atoms with Crippen LogP contribution in [0.15, 0.2) is 11.4 Å². The van der Waals surface area contributed by atoms with Crippen molar-refractivity contribution in [2.75, 3.05) is 25.2 Å². The molecule has 0 radical (unpaired) electrons. The van der Waals surface area contributed by atoms with Crippen molar-refractivity contribution in [3.63, 3.8) is 0 Å². The quantitative estimate of drug-likeness (QED) is 0.829. The topological polar surface area (TPSA) is 41.6 Å². The molecule has 1 rings (SSSR count). The predicted octanol–water partition coefficient (Wildman–Crippen LogP) is 2.63. The molecule has 1 aromatic rings. The summed E-state index contributed by atoms with van der Waals surface area (Å²) in [5, 5.41) is 1.97. The molecule has 1 aromatic heterocycles. The van der Waals surface area contributed by atoms with Gasteiger partial charge in [0.2, 0.25) is 0 Å². The number of hydrogen-bond acceptors (Lipinski definition) is 3. The van der Waals surface area contributed by atoms with Gasteiger partial charge in [-0.1, -0.05) is 6.92 Å². The predicted molar refractivity (Wildman–Crippen MR) is 67.3 cm³/mol. The lowest BCUT2D eigenvalue weighted by molar-refractivity contribution is 0.203. The lowest BCUT2D eigenvalue weighted by Gasteiger charge is -2.21. The second-order valence-corrected chi connectivity index (χ2v) is 4.32.